The van der Waals surface area contributed by atoms with Gasteiger partial charge in [-0.05, 0) is 35.4 Å². The van der Waals surface area contributed by atoms with E-state index in [0.29, 0.717) is 24.8 Å². The van der Waals surface area contributed by atoms with Crippen LogP contribution in [0.1, 0.15) is 21.5 Å². The number of ether oxygens (including phenoxy) is 1. The van der Waals surface area contributed by atoms with Crippen LogP contribution in [0.15, 0.2) is 84.9 Å². The second-order valence-electron chi connectivity index (χ2n) is 7.47. The molecular weight excluding hydrogens is 360 g/mol. The lowest BCUT2D eigenvalue weighted by Crippen LogP contribution is -3.11. The van der Waals surface area contributed by atoms with Gasteiger partial charge in [0.05, 0.1) is 20.6 Å². The maximum Gasteiger partial charge on any atom is 0.251 e. The lowest BCUT2D eigenvalue weighted by Gasteiger charge is -2.22. The molecule has 3 aromatic carbocycles. The van der Waals surface area contributed by atoms with Gasteiger partial charge in [0.15, 0.2) is 0 Å². The molecule has 0 aliphatic rings. The number of quaternary nitrogens is 1. The van der Waals surface area contributed by atoms with E-state index in [0.717, 1.165) is 17.7 Å². The van der Waals surface area contributed by atoms with Crippen LogP contribution in [0.3, 0.4) is 0 Å². The summed E-state index contributed by atoms with van der Waals surface area (Å²) in [6.45, 7) is 1.12. The number of amides is 1. The van der Waals surface area contributed by atoms with E-state index in [1.807, 2.05) is 60.7 Å². The molecule has 1 atom stereocenters. The Balaban J connectivity index is 1.51. The molecule has 0 unspecified atom stereocenters. The predicted octanol–water partition coefficient (Wildman–Crippen LogP) is 2.75. The van der Waals surface area contributed by atoms with E-state index < -0.39 is 0 Å². The summed E-state index contributed by atoms with van der Waals surface area (Å²) in [7, 11) is 4.25. The fourth-order valence-corrected chi connectivity index (χ4v) is 3.13. The van der Waals surface area contributed by atoms with Crippen molar-refractivity contribution in [2.24, 2.45) is 0 Å². The molecule has 0 saturated carbocycles. The Bertz CT molecular complexity index is 878. The van der Waals surface area contributed by atoms with E-state index in [-0.39, 0.29) is 5.91 Å². The molecule has 0 aliphatic carbocycles. The standard InChI is InChI=1S/C25H28N2O2/c1-27(2)23(17-20-9-5-3-6-10-20)18-26-25(28)22-15-13-21(14-16-22)19-29-24-11-7-4-8-12-24/h3-16,23H,17-19H2,1-2H3,(H,26,28)/p+1/t23-/m0/s1. The molecule has 29 heavy (non-hydrogen) atoms. The van der Waals surface area contributed by atoms with E-state index in [4.69, 9.17) is 4.74 Å². The van der Waals surface area contributed by atoms with Gasteiger partial charge in [0.1, 0.15) is 18.4 Å². The topological polar surface area (TPSA) is 42.8 Å². The van der Waals surface area contributed by atoms with E-state index in [2.05, 4.69) is 43.7 Å². The van der Waals surface area contributed by atoms with Crippen molar-refractivity contribution in [2.75, 3.05) is 20.6 Å². The summed E-state index contributed by atoms with van der Waals surface area (Å²) in [5.41, 5.74) is 2.99. The van der Waals surface area contributed by atoms with Crippen LogP contribution in [0, 0.1) is 0 Å². The number of rotatable bonds is 9. The lowest BCUT2D eigenvalue weighted by atomic mass is 10.0. The van der Waals surface area contributed by atoms with Gasteiger partial charge in [0.25, 0.3) is 5.91 Å². The van der Waals surface area contributed by atoms with Crippen LogP contribution in [0.4, 0.5) is 0 Å². The number of carbonyl (C=O) groups excluding carboxylic acids is 1. The summed E-state index contributed by atoms with van der Waals surface area (Å²) >= 11 is 0. The van der Waals surface area contributed by atoms with Crippen molar-refractivity contribution in [3.05, 3.63) is 102 Å². The van der Waals surface area contributed by atoms with Gasteiger partial charge in [-0.2, -0.15) is 0 Å². The molecule has 0 spiro atoms. The highest BCUT2D eigenvalue weighted by Crippen LogP contribution is 2.12. The van der Waals surface area contributed by atoms with E-state index in [1.54, 1.807) is 0 Å². The molecular formula is C25H29N2O2+. The molecule has 3 rings (SSSR count). The van der Waals surface area contributed by atoms with E-state index in [1.165, 1.54) is 10.5 Å². The Hall–Kier alpha value is -3.11. The Morgan fingerprint density at radius 2 is 1.48 bits per heavy atom. The monoisotopic (exact) mass is 389 g/mol. The van der Waals surface area contributed by atoms with E-state index >= 15 is 0 Å². The van der Waals surface area contributed by atoms with Crippen molar-refractivity contribution in [1.82, 2.24) is 5.32 Å². The fourth-order valence-electron chi connectivity index (χ4n) is 3.13. The van der Waals surface area contributed by atoms with Crippen molar-refractivity contribution in [3.63, 3.8) is 0 Å². The Morgan fingerprint density at radius 3 is 2.10 bits per heavy atom. The maximum absolute atomic E-state index is 12.6. The van der Waals surface area contributed by atoms with Crippen LogP contribution in [0.5, 0.6) is 5.75 Å². The molecule has 2 N–H and O–H groups in total. The number of carbonyl (C=O) groups is 1. The van der Waals surface area contributed by atoms with Crippen LogP contribution in [0.25, 0.3) is 0 Å². The third-order valence-electron chi connectivity index (χ3n) is 5.02. The molecule has 1 amide bonds. The Morgan fingerprint density at radius 1 is 0.862 bits per heavy atom. The molecule has 150 valence electrons. The first-order valence-corrected chi connectivity index (χ1v) is 10.0. The zero-order chi connectivity index (χ0) is 20.5. The maximum atomic E-state index is 12.6. The molecule has 4 nitrogen and oxygen atoms in total. The van der Waals surface area contributed by atoms with Crippen molar-refractivity contribution < 1.29 is 14.4 Å². The molecule has 0 heterocycles. The minimum Gasteiger partial charge on any atom is -0.489 e. The average molecular weight is 390 g/mol. The third kappa shape index (κ3) is 6.47. The number of hydrogen-bond donors (Lipinski definition) is 2. The molecule has 4 heteroatoms. The van der Waals surface area contributed by atoms with Crippen molar-refractivity contribution in [2.45, 2.75) is 19.1 Å². The quantitative estimate of drug-likeness (QED) is 0.591. The van der Waals surface area contributed by atoms with Gasteiger partial charge in [-0.3, -0.25) is 4.79 Å². The highest BCUT2D eigenvalue weighted by Gasteiger charge is 2.17. The van der Waals surface area contributed by atoms with Gasteiger partial charge in [-0.25, -0.2) is 0 Å². The summed E-state index contributed by atoms with van der Waals surface area (Å²) in [6, 6.07) is 28.0. The highest BCUT2D eigenvalue weighted by molar-refractivity contribution is 5.94. The number of hydrogen-bond acceptors (Lipinski definition) is 2. The van der Waals surface area contributed by atoms with Gasteiger partial charge in [-0.15, -0.1) is 0 Å². The SMILES string of the molecule is C[NH+](C)[C@H](CNC(=O)c1ccc(COc2ccccc2)cc1)Cc1ccccc1. The first-order chi connectivity index (χ1) is 14.1. The van der Waals surface area contributed by atoms with Crippen molar-refractivity contribution >= 4 is 5.91 Å². The van der Waals surface area contributed by atoms with Crippen molar-refractivity contribution in [1.29, 1.82) is 0 Å². The Kier molecular flexibility index (Phi) is 7.42. The third-order valence-corrected chi connectivity index (χ3v) is 5.02. The number of nitrogens with one attached hydrogen (secondary N) is 2. The predicted molar refractivity (Wildman–Crippen MR) is 116 cm³/mol. The first-order valence-electron chi connectivity index (χ1n) is 10.0. The number of benzene rings is 3. The smallest absolute Gasteiger partial charge is 0.251 e. The molecule has 0 saturated heterocycles. The molecule has 0 bridgehead atoms. The minimum atomic E-state index is -0.0418. The van der Waals surface area contributed by atoms with Crippen LogP contribution in [-0.4, -0.2) is 32.6 Å². The van der Waals surface area contributed by atoms with Crippen LogP contribution < -0.4 is 15.0 Å². The molecule has 0 radical (unpaired) electrons. The highest BCUT2D eigenvalue weighted by atomic mass is 16.5. The average Bonchev–Trinajstić information content (AvgIpc) is 2.76. The van der Waals surface area contributed by atoms with Gasteiger partial charge in [0.2, 0.25) is 0 Å². The van der Waals surface area contributed by atoms with E-state index in [9.17, 15) is 4.79 Å². The Labute approximate surface area is 173 Å². The summed E-state index contributed by atoms with van der Waals surface area (Å²) in [5.74, 6) is 0.796. The van der Waals surface area contributed by atoms with Crippen LogP contribution in [0.2, 0.25) is 0 Å². The second-order valence-corrected chi connectivity index (χ2v) is 7.47. The number of likely N-dealkylation sites (N-methyl/N-ethyl adjacent to an activating group) is 1. The molecule has 0 aliphatic heterocycles. The van der Waals surface area contributed by atoms with Crippen LogP contribution >= 0.6 is 0 Å². The summed E-state index contributed by atoms with van der Waals surface area (Å²) < 4.78 is 5.75. The zero-order valence-electron chi connectivity index (χ0n) is 17.1. The molecule has 3 aromatic rings. The van der Waals surface area contributed by atoms with Crippen LogP contribution in [-0.2, 0) is 13.0 Å². The molecule has 0 fully saturated rings. The second kappa shape index (κ2) is 10.4. The van der Waals surface area contributed by atoms with Gasteiger partial charge in [0, 0.05) is 12.0 Å². The van der Waals surface area contributed by atoms with Gasteiger partial charge < -0.3 is 15.0 Å². The number of para-hydroxylation sites is 1. The van der Waals surface area contributed by atoms with Gasteiger partial charge >= 0.3 is 0 Å². The largest absolute Gasteiger partial charge is 0.489 e. The normalized spacial score (nSPS) is 11.8. The summed E-state index contributed by atoms with van der Waals surface area (Å²) in [4.78, 5) is 13.9. The first kappa shape index (κ1) is 20.6. The minimum absolute atomic E-state index is 0.0418. The zero-order valence-corrected chi connectivity index (χ0v) is 17.1. The fraction of sp³-hybridized carbons (Fsp3) is 0.240. The van der Waals surface area contributed by atoms with Gasteiger partial charge in [-0.1, -0.05) is 60.7 Å². The molecule has 0 aromatic heterocycles. The van der Waals surface area contributed by atoms with Crippen molar-refractivity contribution in [3.8, 4) is 5.75 Å². The summed E-state index contributed by atoms with van der Waals surface area (Å²) in [5, 5.41) is 3.09. The summed E-state index contributed by atoms with van der Waals surface area (Å²) in [6.07, 6.45) is 0.930. The lowest BCUT2D eigenvalue weighted by molar-refractivity contribution is -0.884.